The number of rotatable bonds is 3. The molecule has 1 amide bonds. The minimum absolute atomic E-state index is 0.0184. The van der Waals surface area contributed by atoms with Crippen LogP contribution in [0.5, 0.6) is 0 Å². The molecule has 0 atom stereocenters. The smallest absolute Gasteiger partial charge is 0.337 e. The third-order valence-corrected chi connectivity index (χ3v) is 5.66. The number of amides is 1. The number of pyridine rings is 1. The Kier molecular flexibility index (Phi) is 6.01. The summed E-state index contributed by atoms with van der Waals surface area (Å²) in [4.78, 5) is 15.0. The van der Waals surface area contributed by atoms with Crippen LogP contribution in [0.4, 0.5) is 5.69 Å². The predicted octanol–water partition coefficient (Wildman–Crippen LogP) is 4.49. The van der Waals surface area contributed by atoms with Crippen LogP contribution in [-0.4, -0.2) is 11.6 Å². The number of nitrogens with zero attached hydrogens (tertiary/aromatic N) is 1. The molecule has 0 radical (unpaired) electrons. The van der Waals surface area contributed by atoms with Gasteiger partial charge in [0.1, 0.15) is 10.0 Å². The Morgan fingerprint density at radius 1 is 1.12 bits per heavy atom. The molecule has 1 aliphatic rings. The zero-order valence-electron chi connectivity index (χ0n) is 13.9. The summed E-state index contributed by atoms with van der Waals surface area (Å²) in [5, 5.41) is 4.38. The van der Waals surface area contributed by atoms with E-state index >= 15 is 0 Å². The van der Waals surface area contributed by atoms with Crippen molar-refractivity contribution < 1.29 is 9.78 Å². The highest BCUT2D eigenvalue weighted by Gasteiger charge is 2.26. The Bertz CT molecular complexity index is 845. The SMILES string of the molecule is Nc1c(Cl)c(Cl)[nH+]c(C(=O)NN=C2CCC(c3ccccc3)CC2)c1Cl. The van der Waals surface area contributed by atoms with Gasteiger partial charge in [0, 0.05) is 5.71 Å². The minimum Gasteiger partial charge on any atom is -0.396 e. The molecule has 0 saturated heterocycles. The van der Waals surface area contributed by atoms with Crippen molar-refractivity contribution in [3.63, 3.8) is 0 Å². The zero-order valence-corrected chi connectivity index (χ0v) is 16.1. The number of carbonyl (C=O) groups excluding carboxylic acids is 1. The Balaban J connectivity index is 1.64. The number of hydrogen-bond donors (Lipinski definition) is 2. The number of aromatic amines is 1. The van der Waals surface area contributed by atoms with Gasteiger partial charge in [0.25, 0.3) is 10.8 Å². The number of hydrazone groups is 1. The van der Waals surface area contributed by atoms with Crippen LogP contribution >= 0.6 is 34.8 Å². The third-order valence-electron chi connectivity index (χ3n) is 4.50. The quantitative estimate of drug-likeness (QED) is 0.575. The van der Waals surface area contributed by atoms with Crippen LogP contribution in [-0.2, 0) is 0 Å². The van der Waals surface area contributed by atoms with Crippen LogP contribution in [0.1, 0.15) is 47.7 Å². The highest BCUT2D eigenvalue weighted by atomic mass is 35.5. The van der Waals surface area contributed by atoms with Crippen molar-refractivity contribution in [2.75, 3.05) is 5.73 Å². The lowest BCUT2D eigenvalue weighted by atomic mass is 9.83. The summed E-state index contributed by atoms with van der Waals surface area (Å²) in [6, 6.07) is 10.4. The van der Waals surface area contributed by atoms with Gasteiger partial charge in [-0.2, -0.15) is 10.1 Å². The first-order chi connectivity index (χ1) is 12.5. The topological polar surface area (TPSA) is 81.6 Å². The summed E-state index contributed by atoms with van der Waals surface area (Å²) in [7, 11) is 0. The molecule has 1 aromatic carbocycles. The van der Waals surface area contributed by atoms with Crippen LogP contribution in [0.3, 0.4) is 0 Å². The number of nitrogens with two attached hydrogens (primary N) is 1. The number of hydrogen-bond acceptors (Lipinski definition) is 3. The molecule has 4 N–H and O–H groups in total. The standard InChI is InChI=1S/C18H17Cl3N4O/c19-13-15(22)14(20)17(21)23-16(13)18(26)25-24-12-8-6-11(7-9-12)10-4-2-1-3-5-10/h1-5,11H,6-9H2,(H2,22,23)(H,25,26)/p+1. The van der Waals surface area contributed by atoms with Gasteiger partial charge >= 0.3 is 5.91 Å². The number of halogens is 3. The molecule has 1 aliphatic carbocycles. The maximum absolute atomic E-state index is 12.3. The van der Waals surface area contributed by atoms with E-state index in [1.165, 1.54) is 5.56 Å². The van der Waals surface area contributed by atoms with Gasteiger partial charge in [-0.15, -0.1) is 0 Å². The fraction of sp³-hybridized carbons (Fsp3) is 0.278. The van der Waals surface area contributed by atoms with Crippen molar-refractivity contribution in [2.45, 2.75) is 31.6 Å². The second-order valence-electron chi connectivity index (χ2n) is 6.16. The van der Waals surface area contributed by atoms with Gasteiger partial charge in [-0.25, -0.2) is 5.43 Å². The number of benzene rings is 1. The van der Waals surface area contributed by atoms with Gasteiger partial charge in [0.15, 0.2) is 0 Å². The van der Waals surface area contributed by atoms with E-state index in [1.54, 1.807) is 0 Å². The van der Waals surface area contributed by atoms with Gasteiger partial charge < -0.3 is 5.73 Å². The highest BCUT2D eigenvalue weighted by Crippen LogP contribution is 2.33. The first-order valence-electron chi connectivity index (χ1n) is 8.23. The summed E-state index contributed by atoms with van der Waals surface area (Å²) < 4.78 is 0. The Morgan fingerprint density at radius 2 is 1.77 bits per heavy atom. The first-order valence-corrected chi connectivity index (χ1v) is 9.36. The van der Waals surface area contributed by atoms with E-state index in [2.05, 4.69) is 39.8 Å². The molecule has 2 aromatic rings. The van der Waals surface area contributed by atoms with Crippen molar-refractivity contribution in [3.05, 3.63) is 56.8 Å². The molecule has 1 saturated carbocycles. The average Bonchev–Trinajstić information content (AvgIpc) is 2.68. The summed E-state index contributed by atoms with van der Waals surface area (Å²) in [6.45, 7) is 0. The van der Waals surface area contributed by atoms with E-state index in [4.69, 9.17) is 40.5 Å². The molecule has 0 unspecified atom stereocenters. The van der Waals surface area contributed by atoms with Crippen LogP contribution in [0, 0.1) is 0 Å². The molecular weight excluding hydrogens is 395 g/mol. The molecule has 5 nitrogen and oxygen atoms in total. The van der Waals surface area contributed by atoms with Crippen LogP contribution in [0.25, 0.3) is 0 Å². The maximum atomic E-state index is 12.3. The number of H-pyrrole nitrogens is 1. The lowest BCUT2D eigenvalue weighted by Crippen LogP contribution is -2.29. The monoisotopic (exact) mass is 411 g/mol. The average molecular weight is 413 g/mol. The first kappa shape index (κ1) is 19.0. The molecule has 0 bridgehead atoms. The van der Waals surface area contributed by atoms with E-state index in [0.717, 1.165) is 31.4 Å². The summed E-state index contributed by atoms with van der Waals surface area (Å²) in [6.07, 6.45) is 3.68. The predicted molar refractivity (Wildman–Crippen MR) is 105 cm³/mol. The van der Waals surface area contributed by atoms with Gasteiger partial charge in [-0.1, -0.05) is 53.5 Å². The van der Waals surface area contributed by atoms with E-state index < -0.39 is 5.91 Å². The van der Waals surface area contributed by atoms with E-state index in [-0.39, 0.29) is 26.6 Å². The van der Waals surface area contributed by atoms with Crippen LogP contribution in [0.2, 0.25) is 15.2 Å². The highest BCUT2D eigenvalue weighted by molar-refractivity contribution is 6.45. The molecule has 136 valence electrons. The lowest BCUT2D eigenvalue weighted by molar-refractivity contribution is -0.379. The van der Waals surface area contributed by atoms with E-state index in [9.17, 15) is 4.79 Å². The van der Waals surface area contributed by atoms with Crippen LogP contribution < -0.4 is 16.1 Å². The molecule has 0 aliphatic heterocycles. The molecular formula is C18H18Cl3N4O+. The summed E-state index contributed by atoms with van der Waals surface area (Å²) >= 11 is 17.9. The Labute approximate surface area is 166 Å². The normalized spacial score (nSPS) is 17.0. The number of nitrogen functional groups attached to an aromatic ring is 1. The largest absolute Gasteiger partial charge is 0.396 e. The molecule has 8 heteroatoms. The lowest BCUT2D eigenvalue weighted by Gasteiger charge is -2.23. The Morgan fingerprint density at radius 3 is 2.42 bits per heavy atom. The zero-order chi connectivity index (χ0) is 18.7. The Hall–Kier alpha value is -1.82. The van der Waals surface area contributed by atoms with Crippen molar-refractivity contribution >= 4 is 52.1 Å². The second kappa shape index (κ2) is 8.25. The molecule has 3 rings (SSSR count). The van der Waals surface area contributed by atoms with Crippen LogP contribution in [0.15, 0.2) is 35.4 Å². The van der Waals surface area contributed by atoms with E-state index in [1.807, 2.05) is 6.07 Å². The molecule has 1 heterocycles. The molecule has 0 spiro atoms. The maximum Gasteiger partial charge on any atom is 0.337 e. The number of nitrogens with one attached hydrogen (secondary N) is 2. The third kappa shape index (κ3) is 4.11. The fourth-order valence-electron chi connectivity index (χ4n) is 3.03. The molecule has 26 heavy (non-hydrogen) atoms. The van der Waals surface area contributed by atoms with Crippen molar-refractivity contribution in [2.24, 2.45) is 5.10 Å². The second-order valence-corrected chi connectivity index (χ2v) is 7.29. The summed E-state index contributed by atoms with van der Waals surface area (Å²) in [5.41, 5.74) is 10.6. The number of anilines is 1. The fourth-order valence-corrected chi connectivity index (χ4v) is 3.65. The van der Waals surface area contributed by atoms with Gasteiger partial charge in [0.05, 0.1) is 5.69 Å². The van der Waals surface area contributed by atoms with Crippen molar-refractivity contribution in [3.8, 4) is 0 Å². The van der Waals surface area contributed by atoms with Gasteiger partial charge in [-0.3, -0.25) is 4.79 Å². The van der Waals surface area contributed by atoms with Gasteiger partial charge in [-0.05, 0) is 48.8 Å². The van der Waals surface area contributed by atoms with Crippen molar-refractivity contribution in [1.29, 1.82) is 0 Å². The number of carbonyl (C=O) groups is 1. The number of aromatic nitrogens is 1. The van der Waals surface area contributed by atoms with Gasteiger partial charge in [0.2, 0.25) is 0 Å². The molecule has 1 aromatic heterocycles. The minimum atomic E-state index is -0.516. The molecule has 1 fully saturated rings. The van der Waals surface area contributed by atoms with E-state index in [0.29, 0.717) is 5.92 Å². The summed E-state index contributed by atoms with van der Waals surface area (Å²) in [5.74, 6) is 0.0152. The van der Waals surface area contributed by atoms with Crippen molar-refractivity contribution in [1.82, 2.24) is 5.43 Å².